The van der Waals surface area contributed by atoms with Crippen LogP contribution in [0.5, 0.6) is 0 Å². The van der Waals surface area contributed by atoms with Crippen LogP contribution in [0, 0.1) is 0 Å². The summed E-state index contributed by atoms with van der Waals surface area (Å²) in [5.41, 5.74) is 0. The predicted molar refractivity (Wildman–Crippen MR) is 38.9 cm³/mol. The molecule has 0 bridgehead atoms. The SMILES string of the molecule is C/C(Cl)=C\P(=O)(Cl)Cl. The molecule has 0 aromatic rings. The Labute approximate surface area is 62.6 Å². The fourth-order valence-corrected chi connectivity index (χ4v) is 2.21. The topological polar surface area (TPSA) is 17.1 Å². The van der Waals surface area contributed by atoms with E-state index in [1.54, 1.807) is 6.92 Å². The van der Waals surface area contributed by atoms with Gasteiger partial charge in [-0.1, -0.05) is 11.6 Å². The van der Waals surface area contributed by atoms with Gasteiger partial charge < -0.3 is 0 Å². The van der Waals surface area contributed by atoms with Crippen molar-refractivity contribution < 1.29 is 4.57 Å². The molecule has 0 atom stereocenters. The second-order valence-corrected chi connectivity index (χ2v) is 6.61. The molecule has 0 rings (SSSR count). The number of halogens is 3. The van der Waals surface area contributed by atoms with Crippen LogP contribution in [-0.4, -0.2) is 0 Å². The quantitative estimate of drug-likeness (QED) is 0.580. The van der Waals surface area contributed by atoms with E-state index in [-0.39, 0.29) is 0 Å². The minimum absolute atomic E-state index is 0.346. The maximum absolute atomic E-state index is 10.4. The lowest BCUT2D eigenvalue weighted by Crippen LogP contribution is -1.52. The molecule has 0 radical (unpaired) electrons. The lowest BCUT2D eigenvalue weighted by molar-refractivity contribution is 0.597. The average molecular weight is 193 g/mol. The van der Waals surface area contributed by atoms with E-state index in [1.165, 1.54) is 0 Å². The van der Waals surface area contributed by atoms with Crippen molar-refractivity contribution in [1.29, 1.82) is 0 Å². The molecule has 0 fully saturated rings. The van der Waals surface area contributed by atoms with E-state index in [9.17, 15) is 4.57 Å². The van der Waals surface area contributed by atoms with Gasteiger partial charge in [0.25, 0.3) is 5.85 Å². The summed E-state index contributed by atoms with van der Waals surface area (Å²) in [6.45, 7) is 1.55. The van der Waals surface area contributed by atoms with Gasteiger partial charge in [0.15, 0.2) is 0 Å². The average Bonchev–Trinajstić information content (AvgIpc) is 1.21. The normalized spacial score (nSPS) is 14.2. The fourth-order valence-electron chi connectivity index (χ4n) is 0.207. The third-order valence-electron chi connectivity index (χ3n) is 0.328. The zero-order valence-corrected chi connectivity index (χ0v) is 7.23. The number of allylic oxidation sites excluding steroid dienone is 1. The summed E-state index contributed by atoms with van der Waals surface area (Å²) in [5, 5.41) is 0.346. The van der Waals surface area contributed by atoms with Crippen molar-refractivity contribution in [2.24, 2.45) is 0 Å². The first-order chi connectivity index (χ1) is 3.42. The molecule has 5 heteroatoms. The first-order valence-electron chi connectivity index (χ1n) is 1.76. The molecule has 0 unspecified atom stereocenters. The summed E-state index contributed by atoms with van der Waals surface area (Å²) < 4.78 is 10.4. The highest BCUT2D eigenvalue weighted by molar-refractivity contribution is 8.10. The smallest absolute Gasteiger partial charge is 0.276 e. The molecule has 0 amide bonds. The van der Waals surface area contributed by atoms with E-state index in [1.807, 2.05) is 0 Å². The van der Waals surface area contributed by atoms with Crippen LogP contribution in [0.15, 0.2) is 10.8 Å². The Hall–Kier alpha value is 0.840. The van der Waals surface area contributed by atoms with Crippen molar-refractivity contribution in [3.05, 3.63) is 10.8 Å². The van der Waals surface area contributed by atoms with Gasteiger partial charge in [-0.15, -0.1) is 0 Å². The van der Waals surface area contributed by atoms with Crippen molar-refractivity contribution in [3.63, 3.8) is 0 Å². The van der Waals surface area contributed by atoms with Gasteiger partial charge >= 0.3 is 0 Å². The van der Waals surface area contributed by atoms with E-state index in [2.05, 4.69) is 0 Å². The Morgan fingerprint density at radius 3 is 2.00 bits per heavy atom. The molecular weight excluding hydrogens is 189 g/mol. The molecule has 0 aliphatic carbocycles. The van der Waals surface area contributed by atoms with Crippen molar-refractivity contribution in [3.8, 4) is 0 Å². The van der Waals surface area contributed by atoms with Gasteiger partial charge in [0.1, 0.15) is 0 Å². The van der Waals surface area contributed by atoms with Crippen molar-refractivity contribution >= 4 is 39.9 Å². The van der Waals surface area contributed by atoms with E-state index in [0.717, 1.165) is 5.82 Å². The van der Waals surface area contributed by atoms with Crippen LogP contribution < -0.4 is 0 Å². The Morgan fingerprint density at radius 1 is 1.62 bits per heavy atom. The van der Waals surface area contributed by atoms with Crippen LogP contribution in [0.3, 0.4) is 0 Å². The van der Waals surface area contributed by atoms with Crippen LogP contribution in [0.25, 0.3) is 0 Å². The lowest BCUT2D eigenvalue weighted by Gasteiger charge is -1.89. The van der Waals surface area contributed by atoms with E-state index >= 15 is 0 Å². The second kappa shape index (κ2) is 3.12. The largest absolute Gasteiger partial charge is 0.285 e. The molecule has 0 aliphatic heterocycles. The maximum atomic E-state index is 10.4. The molecule has 0 spiro atoms. The summed E-state index contributed by atoms with van der Waals surface area (Å²) >= 11 is 15.5. The highest BCUT2D eigenvalue weighted by Crippen LogP contribution is 2.58. The van der Waals surface area contributed by atoms with E-state index < -0.39 is 5.85 Å². The van der Waals surface area contributed by atoms with Gasteiger partial charge in [-0.2, -0.15) is 0 Å². The van der Waals surface area contributed by atoms with Crippen LogP contribution in [0.4, 0.5) is 0 Å². The molecule has 0 saturated carbocycles. The van der Waals surface area contributed by atoms with Gasteiger partial charge in [0, 0.05) is 10.8 Å². The van der Waals surface area contributed by atoms with Gasteiger partial charge in [-0.25, -0.2) is 0 Å². The summed E-state index contributed by atoms with van der Waals surface area (Å²) in [6, 6.07) is 0. The standard InChI is InChI=1S/C3H4Cl3OP/c1-3(4)2-8(5,6)7/h2H,1H3/b3-2+. The van der Waals surface area contributed by atoms with Gasteiger partial charge in [0.2, 0.25) is 0 Å². The van der Waals surface area contributed by atoms with E-state index in [0.29, 0.717) is 5.03 Å². The fraction of sp³-hybridized carbons (Fsp3) is 0.333. The molecule has 0 heterocycles. The zero-order valence-electron chi connectivity index (χ0n) is 4.07. The van der Waals surface area contributed by atoms with Gasteiger partial charge in [-0.3, -0.25) is 4.57 Å². The predicted octanol–water partition coefficient (Wildman–Crippen LogP) is 3.76. The highest BCUT2D eigenvalue weighted by atomic mass is 35.9. The summed E-state index contributed by atoms with van der Waals surface area (Å²) in [4.78, 5) is 0. The highest BCUT2D eigenvalue weighted by Gasteiger charge is 2.07. The van der Waals surface area contributed by atoms with Crippen molar-refractivity contribution in [2.75, 3.05) is 0 Å². The lowest BCUT2D eigenvalue weighted by atomic mass is 10.8. The molecular formula is C3H4Cl3OP. The molecule has 0 aromatic carbocycles. The summed E-state index contributed by atoms with van der Waals surface area (Å²) in [7, 11) is 0. The van der Waals surface area contributed by atoms with Crippen LogP contribution in [0.1, 0.15) is 6.92 Å². The number of hydrogen-bond donors (Lipinski definition) is 0. The number of rotatable bonds is 1. The first kappa shape index (κ1) is 8.84. The third-order valence-corrected chi connectivity index (χ3v) is 1.86. The molecule has 0 aliphatic rings. The molecule has 1 nitrogen and oxygen atoms in total. The first-order valence-corrected chi connectivity index (χ1v) is 5.72. The Bertz CT molecular complexity index is 143. The summed E-state index contributed by atoms with van der Waals surface area (Å²) in [6.07, 6.45) is 0. The maximum Gasteiger partial charge on any atom is 0.276 e. The molecule has 0 N–H and O–H groups in total. The molecule has 0 saturated heterocycles. The zero-order chi connectivity index (χ0) is 6.78. The van der Waals surface area contributed by atoms with Crippen LogP contribution in [-0.2, 0) is 4.57 Å². The van der Waals surface area contributed by atoms with Crippen LogP contribution in [0.2, 0.25) is 0 Å². The van der Waals surface area contributed by atoms with Crippen LogP contribution >= 0.6 is 39.9 Å². The second-order valence-electron chi connectivity index (χ2n) is 1.22. The molecule has 0 aromatic heterocycles. The Morgan fingerprint density at radius 2 is 2.00 bits per heavy atom. The third kappa shape index (κ3) is 6.84. The molecule has 48 valence electrons. The van der Waals surface area contributed by atoms with Crippen molar-refractivity contribution in [1.82, 2.24) is 0 Å². The minimum atomic E-state index is -3.07. The van der Waals surface area contributed by atoms with Crippen molar-refractivity contribution in [2.45, 2.75) is 6.92 Å². The minimum Gasteiger partial charge on any atom is -0.285 e. The Balaban J connectivity index is 4.11. The Kier molecular flexibility index (Phi) is 3.45. The number of hydrogen-bond acceptors (Lipinski definition) is 1. The molecule has 8 heavy (non-hydrogen) atoms. The summed E-state index contributed by atoms with van der Waals surface area (Å²) in [5.74, 6) is -1.95. The monoisotopic (exact) mass is 192 g/mol. The van der Waals surface area contributed by atoms with E-state index in [4.69, 9.17) is 34.1 Å². The van der Waals surface area contributed by atoms with Gasteiger partial charge in [0.05, 0.1) is 0 Å². The van der Waals surface area contributed by atoms with Gasteiger partial charge in [-0.05, 0) is 29.4 Å².